The Kier molecular flexibility index (Phi) is 3.56. The molecule has 2 aromatic rings. The summed E-state index contributed by atoms with van der Waals surface area (Å²) in [7, 11) is 0. The fourth-order valence-electron chi connectivity index (χ4n) is 1.26. The van der Waals surface area contributed by atoms with Gasteiger partial charge in [0, 0.05) is 10.9 Å². The summed E-state index contributed by atoms with van der Waals surface area (Å²) in [5.41, 5.74) is 0.667. The summed E-state index contributed by atoms with van der Waals surface area (Å²) in [6.07, 6.45) is 0. The molecule has 2 rings (SSSR count). The van der Waals surface area contributed by atoms with Crippen molar-refractivity contribution in [1.29, 1.82) is 0 Å². The Labute approximate surface area is 113 Å². The van der Waals surface area contributed by atoms with Crippen LogP contribution in [-0.4, -0.2) is 10.9 Å². The molecule has 0 atom stereocenters. The number of thiazole rings is 1. The van der Waals surface area contributed by atoms with Crippen molar-refractivity contribution in [3.8, 4) is 0 Å². The molecule has 0 aliphatic carbocycles. The smallest absolute Gasteiger partial charge is 0.228 e. The molecule has 0 aliphatic rings. The minimum absolute atomic E-state index is 0.0636. The molecular weight excluding hydrogens is 279 g/mol. The second-order valence-electron chi connectivity index (χ2n) is 3.90. The largest absolute Gasteiger partial charge is 0.302 e. The van der Waals surface area contributed by atoms with E-state index in [0.717, 1.165) is 4.70 Å². The van der Waals surface area contributed by atoms with Crippen LogP contribution in [0, 0.1) is 5.92 Å². The van der Waals surface area contributed by atoms with Crippen LogP contribution in [0.15, 0.2) is 12.1 Å². The maximum absolute atomic E-state index is 11.5. The van der Waals surface area contributed by atoms with Crippen molar-refractivity contribution in [3.63, 3.8) is 0 Å². The lowest BCUT2D eigenvalue weighted by Gasteiger charge is -2.02. The lowest BCUT2D eigenvalue weighted by molar-refractivity contribution is -0.118. The monoisotopic (exact) mass is 288 g/mol. The predicted octanol–water partition coefficient (Wildman–Crippen LogP) is 4.20. The molecule has 1 aromatic carbocycles. The van der Waals surface area contributed by atoms with Crippen molar-refractivity contribution in [3.05, 3.63) is 22.2 Å². The summed E-state index contributed by atoms with van der Waals surface area (Å²) in [6.45, 7) is 3.65. The Morgan fingerprint density at radius 3 is 2.76 bits per heavy atom. The molecule has 1 amide bonds. The molecule has 0 radical (unpaired) electrons. The third-order valence-electron chi connectivity index (χ3n) is 2.17. The van der Waals surface area contributed by atoms with E-state index < -0.39 is 0 Å². The van der Waals surface area contributed by atoms with Gasteiger partial charge in [-0.15, -0.1) is 0 Å². The van der Waals surface area contributed by atoms with Crippen LogP contribution in [0.25, 0.3) is 10.2 Å². The van der Waals surface area contributed by atoms with Crippen LogP contribution in [0.3, 0.4) is 0 Å². The lowest BCUT2D eigenvalue weighted by Crippen LogP contribution is -2.17. The van der Waals surface area contributed by atoms with Crippen molar-refractivity contribution in [2.45, 2.75) is 13.8 Å². The summed E-state index contributed by atoms with van der Waals surface area (Å²) in [5.74, 6) is -0.146. The number of aromatic nitrogens is 1. The molecular formula is C11H10Cl2N2OS. The number of carbonyl (C=O) groups is 1. The first-order chi connectivity index (χ1) is 7.97. The SMILES string of the molecule is CC(C)C(=O)Nc1nc2c(Cl)cc(Cl)cc2s1. The zero-order valence-corrected chi connectivity index (χ0v) is 11.6. The number of halogens is 2. The molecule has 0 fully saturated rings. The van der Waals surface area contributed by atoms with Gasteiger partial charge in [-0.2, -0.15) is 0 Å². The molecule has 90 valence electrons. The molecule has 0 aliphatic heterocycles. The number of nitrogens with one attached hydrogen (secondary N) is 1. The van der Waals surface area contributed by atoms with Gasteiger partial charge in [0.1, 0.15) is 5.52 Å². The highest BCUT2D eigenvalue weighted by molar-refractivity contribution is 7.22. The minimum atomic E-state index is -0.0823. The fraction of sp³-hybridized carbons (Fsp3) is 0.273. The van der Waals surface area contributed by atoms with E-state index in [1.54, 1.807) is 12.1 Å². The molecule has 0 spiro atoms. The number of anilines is 1. The topological polar surface area (TPSA) is 42.0 Å². The Balaban J connectivity index is 2.38. The molecule has 17 heavy (non-hydrogen) atoms. The number of amides is 1. The first-order valence-electron chi connectivity index (χ1n) is 5.04. The van der Waals surface area contributed by atoms with Gasteiger partial charge in [0.15, 0.2) is 5.13 Å². The van der Waals surface area contributed by atoms with Gasteiger partial charge in [-0.1, -0.05) is 48.4 Å². The Bertz CT molecular complexity index is 580. The second-order valence-corrected chi connectivity index (χ2v) is 5.77. The highest BCUT2D eigenvalue weighted by atomic mass is 35.5. The van der Waals surface area contributed by atoms with Gasteiger partial charge in [0.05, 0.1) is 9.72 Å². The van der Waals surface area contributed by atoms with Crippen LogP contribution in [0.2, 0.25) is 10.0 Å². The highest BCUT2D eigenvalue weighted by Gasteiger charge is 2.12. The van der Waals surface area contributed by atoms with Gasteiger partial charge < -0.3 is 5.32 Å². The molecule has 0 unspecified atom stereocenters. The number of hydrogen-bond acceptors (Lipinski definition) is 3. The van der Waals surface area contributed by atoms with Crippen LogP contribution in [-0.2, 0) is 4.79 Å². The van der Waals surface area contributed by atoms with Crippen molar-refractivity contribution >= 4 is 55.8 Å². The molecule has 1 heterocycles. The summed E-state index contributed by atoms with van der Waals surface area (Å²) in [4.78, 5) is 15.8. The zero-order chi connectivity index (χ0) is 12.6. The average Bonchev–Trinajstić information content (AvgIpc) is 2.60. The van der Waals surface area contributed by atoms with Crippen LogP contribution in [0.5, 0.6) is 0 Å². The number of rotatable bonds is 2. The van der Waals surface area contributed by atoms with E-state index in [-0.39, 0.29) is 11.8 Å². The summed E-state index contributed by atoms with van der Waals surface area (Å²) < 4.78 is 0.863. The van der Waals surface area contributed by atoms with Gasteiger partial charge in [0.2, 0.25) is 5.91 Å². The van der Waals surface area contributed by atoms with Crippen LogP contribution >= 0.6 is 34.5 Å². The standard InChI is InChI=1S/C11H10Cl2N2OS/c1-5(2)10(16)15-11-14-9-7(13)3-6(12)4-8(9)17-11/h3-5H,1-2H3,(H,14,15,16). The van der Waals surface area contributed by atoms with E-state index in [9.17, 15) is 4.79 Å². The first kappa shape index (κ1) is 12.6. The number of hydrogen-bond donors (Lipinski definition) is 1. The first-order valence-corrected chi connectivity index (χ1v) is 6.61. The van der Waals surface area contributed by atoms with E-state index in [0.29, 0.717) is 20.7 Å². The third-order valence-corrected chi connectivity index (χ3v) is 3.59. The van der Waals surface area contributed by atoms with Gasteiger partial charge >= 0.3 is 0 Å². The van der Waals surface area contributed by atoms with Crippen molar-refractivity contribution in [2.75, 3.05) is 5.32 Å². The van der Waals surface area contributed by atoms with Crippen LogP contribution in [0.4, 0.5) is 5.13 Å². The number of fused-ring (bicyclic) bond motifs is 1. The summed E-state index contributed by atoms with van der Waals surface area (Å²) >= 11 is 13.3. The lowest BCUT2D eigenvalue weighted by atomic mass is 10.2. The van der Waals surface area contributed by atoms with Gasteiger partial charge in [-0.05, 0) is 12.1 Å². The van der Waals surface area contributed by atoms with E-state index in [1.807, 2.05) is 13.8 Å². The molecule has 1 N–H and O–H groups in total. The van der Waals surface area contributed by atoms with E-state index in [1.165, 1.54) is 11.3 Å². The van der Waals surface area contributed by atoms with Crippen LogP contribution < -0.4 is 5.32 Å². The van der Waals surface area contributed by atoms with Gasteiger partial charge in [-0.3, -0.25) is 4.79 Å². The highest BCUT2D eigenvalue weighted by Crippen LogP contribution is 2.33. The maximum atomic E-state index is 11.5. The summed E-state index contributed by atoms with van der Waals surface area (Å²) in [5, 5.41) is 4.35. The molecule has 0 saturated carbocycles. The molecule has 6 heteroatoms. The summed E-state index contributed by atoms with van der Waals surface area (Å²) in [6, 6.07) is 3.42. The molecule has 0 saturated heterocycles. The average molecular weight is 289 g/mol. The quantitative estimate of drug-likeness (QED) is 0.900. The number of nitrogens with zero attached hydrogens (tertiary/aromatic N) is 1. The number of carbonyl (C=O) groups excluding carboxylic acids is 1. The van der Waals surface area contributed by atoms with Crippen molar-refractivity contribution in [2.24, 2.45) is 5.92 Å². The Hall–Kier alpha value is -0.840. The van der Waals surface area contributed by atoms with Crippen molar-refractivity contribution in [1.82, 2.24) is 4.98 Å². The van der Waals surface area contributed by atoms with Crippen molar-refractivity contribution < 1.29 is 4.79 Å². The Morgan fingerprint density at radius 2 is 2.12 bits per heavy atom. The Morgan fingerprint density at radius 1 is 1.41 bits per heavy atom. The van der Waals surface area contributed by atoms with E-state index in [2.05, 4.69) is 10.3 Å². The minimum Gasteiger partial charge on any atom is -0.302 e. The zero-order valence-electron chi connectivity index (χ0n) is 9.25. The van der Waals surface area contributed by atoms with E-state index >= 15 is 0 Å². The molecule has 1 aromatic heterocycles. The third kappa shape index (κ3) is 2.70. The maximum Gasteiger partial charge on any atom is 0.228 e. The second kappa shape index (κ2) is 4.80. The van der Waals surface area contributed by atoms with Gasteiger partial charge in [0.25, 0.3) is 0 Å². The van der Waals surface area contributed by atoms with Gasteiger partial charge in [-0.25, -0.2) is 4.98 Å². The number of benzene rings is 1. The fourth-order valence-corrected chi connectivity index (χ4v) is 2.85. The van der Waals surface area contributed by atoms with Crippen LogP contribution in [0.1, 0.15) is 13.8 Å². The molecule has 0 bridgehead atoms. The van der Waals surface area contributed by atoms with E-state index in [4.69, 9.17) is 23.2 Å². The molecule has 3 nitrogen and oxygen atoms in total. The predicted molar refractivity (Wildman–Crippen MR) is 73.1 cm³/mol. The normalized spacial score (nSPS) is 11.1.